The van der Waals surface area contributed by atoms with Gasteiger partial charge in [-0.3, -0.25) is 4.90 Å². The molecule has 0 amide bonds. The summed E-state index contributed by atoms with van der Waals surface area (Å²) in [6, 6.07) is 5.69. The zero-order valence-electron chi connectivity index (χ0n) is 11.4. The molecule has 1 aliphatic rings. The maximum atomic E-state index is 13.5. The fraction of sp³-hybridized carbons (Fsp3) is 0.533. The monoisotopic (exact) mass is 280 g/mol. The van der Waals surface area contributed by atoms with E-state index in [2.05, 4.69) is 11.9 Å². The summed E-state index contributed by atoms with van der Waals surface area (Å²) in [6.45, 7) is 0.820. The van der Waals surface area contributed by atoms with Crippen molar-refractivity contribution in [3.05, 3.63) is 35.1 Å². The molecule has 0 aromatic heterocycles. The molecule has 0 spiro atoms. The summed E-state index contributed by atoms with van der Waals surface area (Å²) >= 11 is 4.87. The first kappa shape index (κ1) is 14.4. The second kappa shape index (κ2) is 6.44. The number of nitrogens with zero attached hydrogens (tertiary/aromatic N) is 1. The van der Waals surface area contributed by atoms with E-state index in [0.29, 0.717) is 11.6 Å². The molecule has 2 nitrogen and oxygen atoms in total. The normalized spacial score (nSPS) is 16.8. The minimum absolute atomic E-state index is 0.125. The van der Waals surface area contributed by atoms with Gasteiger partial charge in [0.05, 0.1) is 0 Å². The minimum Gasteiger partial charge on any atom is -0.389 e. The van der Waals surface area contributed by atoms with Crippen molar-refractivity contribution in [2.75, 3.05) is 7.05 Å². The predicted molar refractivity (Wildman–Crippen MR) is 80.6 cm³/mol. The zero-order valence-corrected chi connectivity index (χ0v) is 12.2. The highest BCUT2D eigenvalue weighted by Gasteiger charge is 2.18. The molecular weight excluding hydrogens is 259 g/mol. The Bertz CT molecular complexity index is 455. The van der Waals surface area contributed by atoms with E-state index in [0.717, 1.165) is 12.1 Å². The van der Waals surface area contributed by atoms with Gasteiger partial charge >= 0.3 is 0 Å². The zero-order chi connectivity index (χ0) is 13.8. The summed E-state index contributed by atoms with van der Waals surface area (Å²) in [4.78, 5) is 2.48. The van der Waals surface area contributed by atoms with Gasteiger partial charge in [0.15, 0.2) is 0 Å². The predicted octanol–water partition coefficient (Wildman–Crippen LogP) is 3.22. The van der Waals surface area contributed by atoms with E-state index in [1.165, 1.54) is 38.2 Å². The Balaban J connectivity index is 2.05. The van der Waals surface area contributed by atoms with Crippen LogP contribution in [-0.2, 0) is 6.54 Å². The summed E-state index contributed by atoms with van der Waals surface area (Å²) in [5, 5.41) is 0. The Hall–Kier alpha value is -1.00. The third kappa shape index (κ3) is 3.74. The molecule has 0 heterocycles. The average molecular weight is 280 g/mol. The van der Waals surface area contributed by atoms with Crippen molar-refractivity contribution in [2.45, 2.75) is 44.7 Å². The fourth-order valence-corrected chi connectivity index (χ4v) is 2.95. The Kier molecular flexibility index (Phi) is 4.88. The highest BCUT2D eigenvalue weighted by atomic mass is 32.1. The molecular formula is C15H21FN2S. The van der Waals surface area contributed by atoms with E-state index >= 15 is 0 Å². The maximum Gasteiger partial charge on any atom is 0.133 e. The molecule has 0 atom stereocenters. The fourth-order valence-electron chi connectivity index (χ4n) is 2.80. The van der Waals surface area contributed by atoms with Crippen LogP contribution >= 0.6 is 12.2 Å². The lowest BCUT2D eigenvalue weighted by molar-refractivity contribution is 0.184. The Labute approximate surface area is 119 Å². The summed E-state index contributed by atoms with van der Waals surface area (Å²) in [5.74, 6) is -0.337. The van der Waals surface area contributed by atoms with E-state index in [-0.39, 0.29) is 10.8 Å². The van der Waals surface area contributed by atoms with Crippen LogP contribution in [0.4, 0.5) is 4.39 Å². The smallest absolute Gasteiger partial charge is 0.133 e. The number of benzene rings is 1. The molecule has 0 unspecified atom stereocenters. The highest BCUT2D eigenvalue weighted by molar-refractivity contribution is 7.80. The number of nitrogens with two attached hydrogens (primary N) is 1. The summed E-state index contributed by atoms with van der Waals surface area (Å²) in [7, 11) is 2.14. The average Bonchev–Trinajstić information content (AvgIpc) is 2.41. The van der Waals surface area contributed by atoms with Crippen LogP contribution in [0.5, 0.6) is 0 Å². The summed E-state index contributed by atoms with van der Waals surface area (Å²) < 4.78 is 13.5. The number of halogens is 1. The van der Waals surface area contributed by atoms with Crippen LogP contribution in [0.3, 0.4) is 0 Å². The number of rotatable bonds is 4. The van der Waals surface area contributed by atoms with Crippen molar-refractivity contribution in [1.82, 2.24) is 4.90 Å². The molecule has 0 aliphatic heterocycles. The van der Waals surface area contributed by atoms with Gasteiger partial charge in [-0.05, 0) is 37.6 Å². The van der Waals surface area contributed by atoms with Crippen LogP contribution in [0.25, 0.3) is 0 Å². The van der Waals surface area contributed by atoms with Crippen molar-refractivity contribution in [3.8, 4) is 0 Å². The molecule has 0 radical (unpaired) electrons. The van der Waals surface area contributed by atoms with Crippen LogP contribution in [-0.4, -0.2) is 23.0 Å². The van der Waals surface area contributed by atoms with Gasteiger partial charge in [0.2, 0.25) is 0 Å². The van der Waals surface area contributed by atoms with Crippen LogP contribution in [0, 0.1) is 5.82 Å². The van der Waals surface area contributed by atoms with Gasteiger partial charge < -0.3 is 5.73 Å². The number of hydrogen-bond donors (Lipinski definition) is 1. The molecule has 19 heavy (non-hydrogen) atoms. The molecule has 1 aliphatic carbocycles. The lowest BCUT2D eigenvalue weighted by Crippen LogP contribution is -2.32. The highest BCUT2D eigenvalue weighted by Crippen LogP contribution is 2.23. The second-order valence-electron chi connectivity index (χ2n) is 5.39. The molecule has 1 saturated carbocycles. The van der Waals surface area contributed by atoms with E-state index in [9.17, 15) is 4.39 Å². The molecule has 4 heteroatoms. The number of thiocarbonyl (C=S) groups is 1. The summed E-state index contributed by atoms with van der Waals surface area (Å²) in [5.41, 5.74) is 6.95. The first-order chi connectivity index (χ1) is 9.08. The molecule has 2 N–H and O–H groups in total. The van der Waals surface area contributed by atoms with Gasteiger partial charge in [0.25, 0.3) is 0 Å². The van der Waals surface area contributed by atoms with Crippen molar-refractivity contribution >= 4 is 17.2 Å². The first-order valence-corrected chi connectivity index (χ1v) is 7.27. The van der Waals surface area contributed by atoms with E-state index < -0.39 is 0 Å². The lowest BCUT2D eigenvalue weighted by atomic mass is 9.94. The van der Waals surface area contributed by atoms with Crippen LogP contribution in [0.1, 0.15) is 43.2 Å². The van der Waals surface area contributed by atoms with Crippen LogP contribution < -0.4 is 5.73 Å². The van der Waals surface area contributed by atoms with Crippen LogP contribution in [0.2, 0.25) is 0 Å². The molecule has 1 fully saturated rings. The Morgan fingerprint density at radius 3 is 2.68 bits per heavy atom. The largest absolute Gasteiger partial charge is 0.389 e. The van der Waals surface area contributed by atoms with Gasteiger partial charge in [-0.2, -0.15) is 0 Å². The standard InChI is InChI=1S/C15H21FN2S/c1-18(12-5-3-2-4-6-12)10-11-7-8-14(16)13(9-11)15(17)19/h7-9,12H,2-6,10H2,1H3,(H2,17,19). The lowest BCUT2D eigenvalue weighted by Gasteiger charge is -2.31. The van der Waals surface area contributed by atoms with Crippen molar-refractivity contribution in [2.24, 2.45) is 5.73 Å². The topological polar surface area (TPSA) is 29.3 Å². The second-order valence-corrected chi connectivity index (χ2v) is 5.83. The molecule has 0 bridgehead atoms. The molecule has 1 aromatic carbocycles. The van der Waals surface area contributed by atoms with Gasteiger partial charge in [-0.15, -0.1) is 0 Å². The van der Waals surface area contributed by atoms with Gasteiger partial charge in [-0.25, -0.2) is 4.39 Å². The van der Waals surface area contributed by atoms with Crippen LogP contribution in [0.15, 0.2) is 18.2 Å². The third-order valence-corrected chi connectivity index (χ3v) is 4.15. The van der Waals surface area contributed by atoms with Crippen molar-refractivity contribution in [1.29, 1.82) is 0 Å². The molecule has 0 saturated heterocycles. The summed E-state index contributed by atoms with van der Waals surface area (Å²) in [6.07, 6.45) is 6.51. The third-order valence-electron chi connectivity index (χ3n) is 3.93. The minimum atomic E-state index is -0.337. The quantitative estimate of drug-likeness (QED) is 0.859. The van der Waals surface area contributed by atoms with E-state index in [1.54, 1.807) is 6.07 Å². The van der Waals surface area contributed by atoms with Gasteiger partial charge in [-0.1, -0.05) is 37.5 Å². The number of hydrogen-bond acceptors (Lipinski definition) is 2. The van der Waals surface area contributed by atoms with Gasteiger partial charge in [0, 0.05) is 18.2 Å². The Morgan fingerprint density at radius 2 is 2.05 bits per heavy atom. The first-order valence-electron chi connectivity index (χ1n) is 6.86. The maximum absolute atomic E-state index is 13.5. The SMILES string of the molecule is CN(Cc1ccc(F)c(C(N)=S)c1)C1CCCCC1. The van der Waals surface area contributed by atoms with Crippen molar-refractivity contribution in [3.63, 3.8) is 0 Å². The molecule has 1 aromatic rings. The molecule has 104 valence electrons. The van der Waals surface area contributed by atoms with Crippen molar-refractivity contribution < 1.29 is 4.39 Å². The van der Waals surface area contributed by atoms with E-state index in [4.69, 9.17) is 18.0 Å². The molecule has 2 rings (SSSR count). The van der Waals surface area contributed by atoms with Gasteiger partial charge in [0.1, 0.15) is 10.8 Å². The Morgan fingerprint density at radius 1 is 1.37 bits per heavy atom. The van der Waals surface area contributed by atoms with E-state index in [1.807, 2.05) is 6.07 Å².